The highest BCUT2D eigenvalue weighted by Crippen LogP contribution is 2.62. The first-order valence-corrected chi connectivity index (χ1v) is 26.9. The van der Waals surface area contributed by atoms with E-state index in [1.54, 1.807) is 0 Å². The summed E-state index contributed by atoms with van der Waals surface area (Å²) >= 11 is 0. The number of ketones is 2. The van der Waals surface area contributed by atoms with E-state index in [1.807, 2.05) is 0 Å². The number of halogens is 6. The molecule has 7 rings (SSSR count). The molecule has 12 heteroatoms. The van der Waals surface area contributed by atoms with Gasteiger partial charge in [-0.05, 0) is 169 Å². The number of Topliss-reactive ketones (excluding diaryl/α,β-unsaturated/α-hetero) is 2. The third kappa shape index (κ3) is 9.33. The van der Waals surface area contributed by atoms with E-state index in [1.165, 1.54) is 16.7 Å². The van der Waals surface area contributed by atoms with Crippen molar-refractivity contribution in [2.45, 2.75) is 129 Å². The number of hydrogen-bond donors (Lipinski definition) is 0. The van der Waals surface area contributed by atoms with E-state index in [2.05, 4.69) is 86.7 Å². The average molecular weight is 803 g/mol. The highest BCUT2D eigenvalue weighted by Gasteiger charge is 2.61. The first kappa shape index (κ1) is 41.8. The molecule has 2 aromatic carbocycles. The molecule has 5 aliphatic rings. The number of alkyl halides is 6. The number of hydrogen-bond acceptors (Lipinski definition) is 4. The van der Waals surface area contributed by atoms with Gasteiger partial charge < -0.3 is 0 Å². The Labute approximate surface area is 324 Å². The minimum absolute atomic E-state index is 0.0173. The van der Waals surface area contributed by atoms with Crippen LogP contribution in [0.2, 0.25) is 39.3 Å². The molecule has 10 atom stereocenters. The fraction of sp³-hybridized carbons (Fsp3) is 0.651. The van der Waals surface area contributed by atoms with Crippen molar-refractivity contribution in [3.63, 3.8) is 0 Å². The third-order valence-corrected chi connectivity index (χ3v) is 14.6. The van der Waals surface area contributed by atoms with Gasteiger partial charge in [-0.3, -0.25) is 18.9 Å². The Balaban J connectivity index is 0.000000409. The van der Waals surface area contributed by atoms with Crippen molar-refractivity contribution >= 4 is 34.0 Å². The van der Waals surface area contributed by atoms with Gasteiger partial charge in [0.2, 0.25) is 0 Å². The molecule has 10 unspecified atom stereocenters. The van der Waals surface area contributed by atoms with Crippen molar-refractivity contribution in [1.29, 1.82) is 0 Å². The van der Waals surface area contributed by atoms with Crippen LogP contribution >= 0.6 is 0 Å². The van der Waals surface area contributed by atoms with Crippen LogP contribution in [-0.4, -0.2) is 34.0 Å². The highest BCUT2D eigenvalue weighted by atomic mass is 28.3. The number of benzene rings is 2. The second-order valence-electron chi connectivity index (χ2n) is 19.3. The molecule has 0 aromatic heterocycles. The minimum atomic E-state index is -4.90. The number of nitrogens with zero attached hydrogens (tertiary/aromatic N) is 2. The van der Waals surface area contributed by atoms with Gasteiger partial charge in [0.1, 0.15) is 11.6 Å². The lowest BCUT2D eigenvalue weighted by molar-refractivity contribution is -0.143. The summed E-state index contributed by atoms with van der Waals surface area (Å²) in [4.78, 5) is 27.8. The summed E-state index contributed by atoms with van der Waals surface area (Å²) in [6.45, 7) is 17.3. The lowest BCUT2D eigenvalue weighted by atomic mass is 9.63. The maximum absolute atomic E-state index is 13.9. The second kappa shape index (κ2) is 15.2. The molecule has 0 spiro atoms. The zero-order valence-electron chi connectivity index (χ0n) is 33.4. The topological polar surface area (TPSA) is 58.9 Å². The van der Waals surface area contributed by atoms with Gasteiger partial charge >= 0.3 is 12.4 Å². The van der Waals surface area contributed by atoms with Crippen LogP contribution < -0.4 is 0 Å². The molecule has 5 fully saturated rings. The van der Waals surface area contributed by atoms with Crippen molar-refractivity contribution in [2.24, 2.45) is 56.7 Å². The average Bonchev–Trinajstić information content (AvgIpc) is 3.50. The fourth-order valence-corrected chi connectivity index (χ4v) is 11.7. The Morgan fingerprint density at radius 1 is 0.527 bits per heavy atom. The number of carbonyl (C=O) groups is 2. The van der Waals surface area contributed by atoms with Crippen LogP contribution in [-0.2, 0) is 21.9 Å². The molecule has 0 N–H and O–H groups in total. The standard InChI is InChI=1S/C36H38F6O2.C7H18N2Si2/c1-17-7-18(2)9-21(8-17)19-3-5-25-27-15-32-28(16-31(27)33(43)29(25)12-19)26-6-4-20(13-30(26)34(32)44)22-10-23(35(37,38)39)14-24(11-22)36(40,41)42;1-10(2,3)8-7-9-11(4,5)6/h7-11,14,19-20,25-32H,3-6,12-13,15-16H2,1-2H3;1-6H3. The molecule has 300 valence electrons. The van der Waals surface area contributed by atoms with Gasteiger partial charge in [0.05, 0.1) is 17.1 Å². The molecule has 0 aliphatic heterocycles. The second-order valence-corrected chi connectivity index (χ2v) is 28.4. The SMILES string of the molecule is C[Si](C)(C)N=C=N[Si](C)(C)C.Cc1cc(C)cc(C2CCC3C(C2)C(=O)C2CC4C(CC23)C(=O)C2CC(c3cc(C(F)(F)F)cc(C(F)(F)F)c3)CCC24)c1. The van der Waals surface area contributed by atoms with Gasteiger partial charge in [0.25, 0.3) is 0 Å². The molecule has 2 aromatic rings. The molecule has 0 radical (unpaired) electrons. The predicted octanol–water partition coefficient (Wildman–Crippen LogP) is 12.3. The predicted molar refractivity (Wildman–Crippen MR) is 209 cm³/mol. The lowest BCUT2D eigenvalue weighted by Crippen LogP contribution is -2.35. The van der Waals surface area contributed by atoms with Crippen LogP contribution in [0.25, 0.3) is 0 Å². The maximum Gasteiger partial charge on any atom is 0.416 e. The molecule has 5 aliphatic carbocycles. The Hall–Kier alpha value is -2.83. The number of rotatable bonds is 4. The summed E-state index contributed by atoms with van der Waals surface area (Å²) in [5.74, 6) is 0.447. The van der Waals surface area contributed by atoms with Gasteiger partial charge in [-0.15, -0.1) is 0 Å². The van der Waals surface area contributed by atoms with E-state index < -0.39 is 45.9 Å². The van der Waals surface area contributed by atoms with Crippen LogP contribution in [0.3, 0.4) is 0 Å². The third-order valence-electron chi connectivity index (χ3n) is 13.0. The molecule has 0 saturated heterocycles. The van der Waals surface area contributed by atoms with Crippen molar-refractivity contribution in [3.05, 3.63) is 69.8 Å². The number of carbonyl (C=O) groups excluding carboxylic acids is 2. The molecule has 0 heterocycles. The van der Waals surface area contributed by atoms with E-state index in [4.69, 9.17) is 0 Å². The quantitative estimate of drug-likeness (QED) is 0.176. The number of aryl methyl sites for hydroxylation is 2. The minimum Gasteiger partial charge on any atom is -0.299 e. The zero-order valence-corrected chi connectivity index (χ0v) is 35.4. The summed E-state index contributed by atoms with van der Waals surface area (Å²) in [6, 6.07) is 11.3. The van der Waals surface area contributed by atoms with Crippen LogP contribution in [0.1, 0.15) is 96.6 Å². The van der Waals surface area contributed by atoms with Crippen molar-refractivity contribution < 1.29 is 35.9 Å². The molecule has 4 nitrogen and oxygen atoms in total. The Bertz CT molecular complexity index is 1780. The van der Waals surface area contributed by atoms with Gasteiger partial charge in [-0.25, -0.2) is 0 Å². The van der Waals surface area contributed by atoms with Crippen LogP contribution in [0.15, 0.2) is 45.7 Å². The monoisotopic (exact) mass is 802 g/mol. The van der Waals surface area contributed by atoms with E-state index in [9.17, 15) is 35.9 Å². The molecular formula is C43H56F6N2O2Si2. The Morgan fingerprint density at radius 2 is 0.891 bits per heavy atom. The lowest BCUT2D eigenvalue weighted by Gasteiger charge is -2.40. The first-order chi connectivity index (χ1) is 25.4. The van der Waals surface area contributed by atoms with Crippen LogP contribution in [0, 0.1) is 61.2 Å². The summed E-state index contributed by atoms with van der Waals surface area (Å²) in [6.07, 6.45) is -4.19. The Kier molecular flexibility index (Phi) is 11.5. The van der Waals surface area contributed by atoms with E-state index in [0.29, 0.717) is 43.3 Å². The largest absolute Gasteiger partial charge is 0.416 e. The molecule has 5 saturated carbocycles. The summed E-state index contributed by atoms with van der Waals surface area (Å²) in [5.41, 5.74) is 1.20. The van der Waals surface area contributed by atoms with Crippen LogP contribution in [0.5, 0.6) is 0 Å². The molecular weight excluding hydrogens is 747 g/mol. The normalized spacial score (nSPS) is 32.0. The molecule has 0 amide bonds. The summed E-state index contributed by atoms with van der Waals surface area (Å²) in [7, 11) is -2.63. The van der Waals surface area contributed by atoms with Crippen LogP contribution in [0.4, 0.5) is 26.3 Å². The zero-order chi connectivity index (χ0) is 40.4. The highest BCUT2D eigenvalue weighted by molar-refractivity contribution is 6.76. The fourth-order valence-electron chi connectivity index (χ4n) is 10.9. The summed E-state index contributed by atoms with van der Waals surface area (Å²) in [5, 5.41) is 0. The Morgan fingerprint density at radius 3 is 1.25 bits per heavy atom. The molecule has 55 heavy (non-hydrogen) atoms. The molecule has 0 bridgehead atoms. The van der Waals surface area contributed by atoms with Gasteiger partial charge in [-0.2, -0.15) is 26.3 Å². The van der Waals surface area contributed by atoms with E-state index in [-0.39, 0.29) is 65.3 Å². The van der Waals surface area contributed by atoms with Crippen molar-refractivity contribution in [3.8, 4) is 0 Å². The first-order valence-electron chi connectivity index (χ1n) is 20.0. The van der Waals surface area contributed by atoms with Crippen molar-refractivity contribution in [1.82, 2.24) is 0 Å². The number of fused-ring (bicyclic) bond motifs is 6. The van der Waals surface area contributed by atoms with Gasteiger partial charge in [-0.1, -0.05) is 29.3 Å². The van der Waals surface area contributed by atoms with E-state index >= 15 is 0 Å². The van der Waals surface area contributed by atoms with Gasteiger partial charge in [0, 0.05) is 23.7 Å². The maximum atomic E-state index is 13.9. The summed E-state index contributed by atoms with van der Waals surface area (Å²) < 4.78 is 89.8. The smallest absolute Gasteiger partial charge is 0.299 e. The van der Waals surface area contributed by atoms with E-state index in [0.717, 1.165) is 31.4 Å². The van der Waals surface area contributed by atoms with Gasteiger partial charge in [0.15, 0.2) is 16.5 Å². The van der Waals surface area contributed by atoms with Crippen molar-refractivity contribution in [2.75, 3.05) is 0 Å².